The molecule has 4 N–H and O–H groups in total. The van der Waals surface area contributed by atoms with Crippen molar-refractivity contribution in [2.24, 2.45) is 5.73 Å². The summed E-state index contributed by atoms with van der Waals surface area (Å²) in [6.07, 6.45) is 0.857. The minimum atomic E-state index is -0.655. The molecular weight excluding hydrogens is 382 g/mol. The van der Waals surface area contributed by atoms with E-state index in [1.807, 2.05) is 6.92 Å². The number of likely N-dealkylation sites (tertiary alicyclic amines) is 1. The Balaban J connectivity index is 1.93. The fourth-order valence-corrected chi connectivity index (χ4v) is 3.41. The largest absolute Gasteiger partial charge is 0.497 e. The maximum absolute atomic E-state index is 12.0. The van der Waals surface area contributed by atoms with Crippen LogP contribution in [0.5, 0.6) is 11.5 Å². The predicted octanol–water partition coefficient (Wildman–Crippen LogP) is 1.25. The van der Waals surface area contributed by atoms with Crippen LogP contribution in [0.25, 0.3) is 0 Å². The first-order valence-electron chi connectivity index (χ1n) is 9.51. The van der Waals surface area contributed by atoms with E-state index < -0.39 is 5.91 Å². The number of carbonyl (C=O) groups excluding carboxylic acids is 1. The van der Waals surface area contributed by atoms with E-state index in [9.17, 15) is 4.79 Å². The fourth-order valence-electron chi connectivity index (χ4n) is 3.41. The highest BCUT2D eigenvalue weighted by Gasteiger charge is 2.29. The molecule has 1 unspecified atom stereocenters. The lowest BCUT2D eigenvalue weighted by atomic mass is 10.1. The maximum atomic E-state index is 12.0. The highest BCUT2D eigenvalue weighted by Crippen LogP contribution is 2.27. The summed E-state index contributed by atoms with van der Waals surface area (Å²) in [5.74, 6) is 12.7. The number of carbonyl (C=O) groups is 1. The summed E-state index contributed by atoms with van der Waals surface area (Å²) in [4.78, 5) is 14.3. The third-order valence-corrected chi connectivity index (χ3v) is 4.94. The monoisotopic (exact) mass is 407 g/mol. The molecule has 2 heterocycles. The smallest absolute Gasteiger partial charge is 0.255 e. The molecule has 8 heteroatoms. The van der Waals surface area contributed by atoms with E-state index in [0.717, 1.165) is 19.5 Å². The molecule has 1 aromatic heterocycles. The van der Waals surface area contributed by atoms with Gasteiger partial charge >= 0.3 is 0 Å². The van der Waals surface area contributed by atoms with Crippen LogP contribution in [0, 0.1) is 23.7 Å². The van der Waals surface area contributed by atoms with E-state index in [1.54, 1.807) is 37.1 Å². The highest BCUT2D eigenvalue weighted by atomic mass is 16.5. The summed E-state index contributed by atoms with van der Waals surface area (Å²) in [7, 11) is 3.13. The Morgan fingerprint density at radius 2 is 1.93 bits per heavy atom. The summed E-state index contributed by atoms with van der Waals surface area (Å²) in [5.41, 5.74) is 12.9. The number of aromatic nitrogens is 2. The zero-order chi connectivity index (χ0) is 21.7. The van der Waals surface area contributed by atoms with Gasteiger partial charge < -0.3 is 20.9 Å². The molecule has 0 aliphatic carbocycles. The lowest BCUT2D eigenvalue weighted by Gasteiger charge is -2.14. The van der Waals surface area contributed by atoms with Gasteiger partial charge in [-0.15, -0.1) is 5.92 Å². The molecule has 1 atom stereocenters. The van der Waals surface area contributed by atoms with Gasteiger partial charge in [0.1, 0.15) is 22.9 Å². The van der Waals surface area contributed by atoms with E-state index in [-0.39, 0.29) is 23.1 Å². The molecule has 0 bridgehead atoms. The molecule has 8 nitrogen and oxygen atoms in total. The van der Waals surface area contributed by atoms with Crippen molar-refractivity contribution in [1.82, 2.24) is 14.7 Å². The molecular formula is C22H25N5O3. The standard InChI is InChI=1S/C22H25N5O3/c1-4-5-9-26-10-8-16(14-26)27-21(23)20(22(24)28)19(25-27)7-6-15-11-17(29-2)13-18(12-15)30-3/h11-13,16H,8-10,14,23H2,1-3H3,(H2,24,28). The number of anilines is 1. The number of methoxy groups -OCH3 is 2. The van der Waals surface area contributed by atoms with Crippen LogP contribution in [0.15, 0.2) is 18.2 Å². The molecule has 0 spiro atoms. The highest BCUT2D eigenvalue weighted by molar-refractivity contribution is 5.99. The molecule has 1 aromatic carbocycles. The molecule has 30 heavy (non-hydrogen) atoms. The summed E-state index contributed by atoms with van der Waals surface area (Å²) < 4.78 is 12.2. The second-order valence-electron chi connectivity index (χ2n) is 6.87. The second-order valence-corrected chi connectivity index (χ2v) is 6.87. The fraction of sp³-hybridized carbons (Fsp3) is 0.364. The van der Waals surface area contributed by atoms with Crippen molar-refractivity contribution in [2.75, 3.05) is 39.6 Å². The van der Waals surface area contributed by atoms with Crippen LogP contribution < -0.4 is 20.9 Å². The van der Waals surface area contributed by atoms with Crippen molar-refractivity contribution in [3.63, 3.8) is 0 Å². The van der Waals surface area contributed by atoms with Gasteiger partial charge in [0.15, 0.2) is 5.69 Å². The van der Waals surface area contributed by atoms with Crippen molar-refractivity contribution in [3.8, 4) is 35.2 Å². The van der Waals surface area contributed by atoms with Crippen molar-refractivity contribution in [1.29, 1.82) is 0 Å². The number of amides is 1. The van der Waals surface area contributed by atoms with Gasteiger partial charge in [-0.25, -0.2) is 4.68 Å². The van der Waals surface area contributed by atoms with Crippen LogP contribution in [-0.4, -0.2) is 54.4 Å². The van der Waals surface area contributed by atoms with Crippen molar-refractivity contribution in [2.45, 2.75) is 19.4 Å². The average Bonchev–Trinajstić information content (AvgIpc) is 3.34. The van der Waals surface area contributed by atoms with Gasteiger partial charge in [-0.2, -0.15) is 5.10 Å². The van der Waals surface area contributed by atoms with E-state index >= 15 is 0 Å². The quantitative estimate of drug-likeness (QED) is 0.722. The lowest BCUT2D eigenvalue weighted by Crippen LogP contribution is -2.23. The van der Waals surface area contributed by atoms with Gasteiger partial charge in [-0.1, -0.05) is 11.8 Å². The zero-order valence-corrected chi connectivity index (χ0v) is 17.4. The van der Waals surface area contributed by atoms with Crippen molar-refractivity contribution in [3.05, 3.63) is 35.0 Å². The van der Waals surface area contributed by atoms with Gasteiger partial charge in [0, 0.05) is 24.7 Å². The van der Waals surface area contributed by atoms with Crippen LogP contribution in [0.1, 0.15) is 41.0 Å². The molecule has 1 saturated heterocycles. The number of nitrogen functional groups attached to an aromatic ring is 1. The molecule has 156 valence electrons. The number of nitrogens with zero attached hydrogens (tertiary/aromatic N) is 3. The van der Waals surface area contributed by atoms with Crippen LogP contribution in [0.3, 0.4) is 0 Å². The molecule has 3 rings (SSSR count). The van der Waals surface area contributed by atoms with Crippen LogP contribution in [0.4, 0.5) is 5.82 Å². The third-order valence-electron chi connectivity index (χ3n) is 4.94. The summed E-state index contributed by atoms with van der Waals surface area (Å²) in [6.45, 7) is 4.15. The Morgan fingerprint density at radius 3 is 2.53 bits per heavy atom. The molecule has 1 fully saturated rings. The van der Waals surface area contributed by atoms with Gasteiger partial charge in [0.2, 0.25) is 0 Å². The van der Waals surface area contributed by atoms with Gasteiger partial charge in [-0.3, -0.25) is 9.69 Å². The number of benzene rings is 1. The molecule has 0 radical (unpaired) electrons. The lowest BCUT2D eigenvalue weighted by molar-refractivity contribution is 0.100. The number of nitrogens with two attached hydrogens (primary N) is 2. The van der Waals surface area contributed by atoms with E-state index in [2.05, 4.69) is 33.7 Å². The zero-order valence-electron chi connectivity index (χ0n) is 17.4. The van der Waals surface area contributed by atoms with Gasteiger partial charge in [0.05, 0.1) is 26.8 Å². The van der Waals surface area contributed by atoms with Gasteiger partial charge in [0.25, 0.3) is 5.91 Å². The molecule has 1 aliphatic rings. The number of hydrogen-bond donors (Lipinski definition) is 2. The molecule has 1 amide bonds. The summed E-state index contributed by atoms with van der Waals surface area (Å²) >= 11 is 0. The Hall–Kier alpha value is -3.62. The number of primary amides is 1. The SMILES string of the molecule is CC#CCN1CCC(n2nc(C#Cc3cc(OC)cc(OC)c3)c(C(N)=O)c2N)C1. The predicted molar refractivity (Wildman–Crippen MR) is 114 cm³/mol. The minimum absolute atomic E-state index is 0.0363. The number of rotatable bonds is 5. The molecule has 2 aromatic rings. The normalized spacial score (nSPS) is 15.6. The first-order chi connectivity index (χ1) is 14.5. The Morgan fingerprint density at radius 1 is 1.23 bits per heavy atom. The maximum Gasteiger partial charge on any atom is 0.255 e. The number of hydrogen-bond acceptors (Lipinski definition) is 6. The summed E-state index contributed by atoms with van der Waals surface area (Å²) in [6, 6.07) is 5.32. The molecule has 1 aliphatic heterocycles. The van der Waals surface area contributed by atoms with Crippen LogP contribution in [0.2, 0.25) is 0 Å². The van der Waals surface area contributed by atoms with Crippen LogP contribution in [-0.2, 0) is 0 Å². The van der Waals surface area contributed by atoms with E-state index in [1.165, 1.54) is 0 Å². The Labute approximate surface area is 176 Å². The second kappa shape index (κ2) is 9.25. The van der Waals surface area contributed by atoms with Crippen molar-refractivity contribution < 1.29 is 14.3 Å². The summed E-state index contributed by atoms with van der Waals surface area (Å²) in [5, 5.41) is 4.52. The van der Waals surface area contributed by atoms with Gasteiger partial charge in [-0.05, 0) is 31.4 Å². The van der Waals surface area contributed by atoms with E-state index in [4.69, 9.17) is 20.9 Å². The first-order valence-corrected chi connectivity index (χ1v) is 9.51. The topological polar surface area (TPSA) is 109 Å². The minimum Gasteiger partial charge on any atom is -0.497 e. The van der Waals surface area contributed by atoms with Crippen LogP contribution >= 0.6 is 0 Å². The average molecular weight is 407 g/mol. The Bertz CT molecular complexity index is 1050. The van der Waals surface area contributed by atoms with Crippen molar-refractivity contribution >= 4 is 11.7 Å². The van der Waals surface area contributed by atoms with E-state index in [0.29, 0.717) is 23.6 Å². The number of ether oxygens (including phenoxy) is 2. The first kappa shape index (κ1) is 21.1. The molecule has 0 saturated carbocycles. The third kappa shape index (κ3) is 4.51. The Kier molecular flexibility index (Phi) is 6.51.